The molecular weight excluding hydrogens is 581 g/mol. The summed E-state index contributed by atoms with van der Waals surface area (Å²) in [6, 6.07) is 17.5. The summed E-state index contributed by atoms with van der Waals surface area (Å²) in [5, 5.41) is 3.73. The number of anilines is 1. The van der Waals surface area contributed by atoms with Crippen molar-refractivity contribution in [3.63, 3.8) is 0 Å². The fourth-order valence-corrected chi connectivity index (χ4v) is 6.12. The predicted octanol–water partition coefficient (Wildman–Crippen LogP) is 6.53. The van der Waals surface area contributed by atoms with Gasteiger partial charge < -0.3 is 10.2 Å². The number of halogens is 2. The fraction of sp³-hybridized carbons (Fsp3) is 0.355. The minimum Gasteiger partial charge on any atom is -0.354 e. The van der Waals surface area contributed by atoms with Crippen LogP contribution in [0, 0.1) is 13.8 Å². The number of sulfonamides is 1. The summed E-state index contributed by atoms with van der Waals surface area (Å²) in [6.07, 6.45) is 2.04. The van der Waals surface area contributed by atoms with E-state index in [4.69, 9.17) is 23.2 Å². The Hall–Kier alpha value is -3.07. The van der Waals surface area contributed by atoms with Crippen LogP contribution in [-0.4, -0.2) is 44.3 Å². The molecule has 0 aliphatic carbocycles. The molecule has 0 fully saturated rings. The SMILES string of the molecule is CCCCNC(=O)[C@H](CC)N(Cc1ccccc1Cl)C(=O)CN(c1ccc(C)c(Cl)c1)S(=O)(=O)c1ccc(C)cc1. The van der Waals surface area contributed by atoms with Gasteiger partial charge in [0.1, 0.15) is 12.6 Å². The van der Waals surface area contributed by atoms with E-state index >= 15 is 0 Å². The Bertz CT molecular complexity index is 1460. The lowest BCUT2D eigenvalue weighted by atomic mass is 10.1. The number of nitrogens with zero attached hydrogens (tertiary/aromatic N) is 2. The lowest BCUT2D eigenvalue weighted by Gasteiger charge is -2.33. The standard InChI is InChI=1S/C31H37Cl2N3O4S/c1-5-7-18-34-31(38)29(6-2)35(20-24-10-8-9-11-27(24)32)30(37)21-36(25-15-14-23(4)28(33)19-25)41(39,40)26-16-12-22(3)13-17-26/h8-17,19,29H,5-7,18,20-21H2,1-4H3,(H,34,38)/t29-/m0/s1. The van der Waals surface area contributed by atoms with Crippen molar-refractivity contribution < 1.29 is 18.0 Å². The van der Waals surface area contributed by atoms with Crippen LogP contribution < -0.4 is 9.62 Å². The maximum absolute atomic E-state index is 14.1. The van der Waals surface area contributed by atoms with E-state index in [1.54, 1.807) is 48.5 Å². The molecule has 41 heavy (non-hydrogen) atoms. The Labute approximate surface area is 253 Å². The van der Waals surface area contributed by atoms with Crippen LogP contribution in [-0.2, 0) is 26.2 Å². The molecule has 0 aliphatic rings. The second kappa shape index (κ2) is 14.7. The maximum atomic E-state index is 14.1. The first-order valence-electron chi connectivity index (χ1n) is 13.7. The van der Waals surface area contributed by atoms with Gasteiger partial charge in [0.25, 0.3) is 10.0 Å². The summed E-state index contributed by atoms with van der Waals surface area (Å²) in [5.74, 6) is -0.845. The van der Waals surface area contributed by atoms with Gasteiger partial charge in [0.05, 0.1) is 10.6 Å². The number of carbonyl (C=O) groups is 2. The molecule has 2 amide bonds. The molecule has 220 valence electrons. The predicted molar refractivity (Wildman–Crippen MR) is 166 cm³/mol. The minimum absolute atomic E-state index is 0.0330. The zero-order chi connectivity index (χ0) is 30.2. The maximum Gasteiger partial charge on any atom is 0.264 e. The number of rotatable bonds is 13. The van der Waals surface area contributed by atoms with Gasteiger partial charge >= 0.3 is 0 Å². The first-order valence-corrected chi connectivity index (χ1v) is 15.8. The average Bonchev–Trinajstić information content (AvgIpc) is 2.94. The van der Waals surface area contributed by atoms with Crippen LogP contribution in [0.15, 0.2) is 71.6 Å². The molecule has 10 heteroatoms. The highest BCUT2D eigenvalue weighted by Gasteiger charge is 2.34. The largest absolute Gasteiger partial charge is 0.354 e. The quantitative estimate of drug-likeness (QED) is 0.221. The van der Waals surface area contributed by atoms with Crippen molar-refractivity contribution in [3.05, 3.63) is 93.5 Å². The number of aryl methyl sites for hydroxylation is 2. The highest BCUT2D eigenvalue weighted by Crippen LogP contribution is 2.29. The van der Waals surface area contributed by atoms with E-state index in [1.165, 1.54) is 23.1 Å². The van der Waals surface area contributed by atoms with Gasteiger partial charge in [-0.2, -0.15) is 0 Å². The molecule has 0 radical (unpaired) electrons. The lowest BCUT2D eigenvalue weighted by molar-refractivity contribution is -0.140. The summed E-state index contributed by atoms with van der Waals surface area (Å²) < 4.78 is 29.0. The van der Waals surface area contributed by atoms with E-state index in [0.717, 1.165) is 28.3 Å². The smallest absolute Gasteiger partial charge is 0.264 e. The number of carbonyl (C=O) groups excluding carboxylic acids is 2. The van der Waals surface area contributed by atoms with E-state index in [-0.39, 0.29) is 23.0 Å². The van der Waals surface area contributed by atoms with Gasteiger partial charge in [-0.25, -0.2) is 8.42 Å². The van der Waals surface area contributed by atoms with E-state index < -0.39 is 28.5 Å². The number of nitrogens with one attached hydrogen (secondary N) is 1. The van der Waals surface area contributed by atoms with Gasteiger partial charge in [-0.15, -0.1) is 0 Å². The van der Waals surface area contributed by atoms with Crippen molar-refractivity contribution >= 4 is 50.7 Å². The number of unbranched alkanes of at least 4 members (excludes halogenated alkanes) is 1. The molecule has 1 atom stereocenters. The Morgan fingerprint density at radius 2 is 1.61 bits per heavy atom. The second-order valence-electron chi connectivity index (χ2n) is 9.94. The molecule has 0 aliphatic heterocycles. The zero-order valence-corrected chi connectivity index (χ0v) is 26.2. The molecule has 0 aromatic heterocycles. The van der Waals surface area contributed by atoms with Crippen LogP contribution in [0.2, 0.25) is 10.0 Å². The highest BCUT2D eigenvalue weighted by molar-refractivity contribution is 7.92. The number of benzene rings is 3. The van der Waals surface area contributed by atoms with Crippen molar-refractivity contribution in [2.75, 3.05) is 17.4 Å². The Kier molecular flexibility index (Phi) is 11.6. The van der Waals surface area contributed by atoms with Crippen LogP contribution in [0.25, 0.3) is 0 Å². The average molecular weight is 619 g/mol. The normalized spacial score (nSPS) is 12.0. The third-order valence-electron chi connectivity index (χ3n) is 6.85. The van der Waals surface area contributed by atoms with Gasteiger partial charge in [-0.3, -0.25) is 13.9 Å². The summed E-state index contributed by atoms with van der Waals surface area (Å²) in [7, 11) is -4.18. The first-order chi connectivity index (χ1) is 19.5. The molecule has 3 rings (SSSR count). The zero-order valence-electron chi connectivity index (χ0n) is 23.9. The minimum atomic E-state index is -4.18. The molecule has 3 aromatic carbocycles. The highest BCUT2D eigenvalue weighted by atomic mass is 35.5. The van der Waals surface area contributed by atoms with E-state index in [9.17, 15) is 18.0 Å². The van der Waals surface area contributed by atoms with E-state index in [2.05, 4.69) is 5.32 Å². The molecule has 0 saturated carbocycles. The van der Waals surface area contributed by atoms with Gasteiger partial charge in [0.15, 0.2) is 0 Å². The molecule has 0 unspecified atom stereocenters. The molecule has 0 saturated heterocycles. The van der Waals surface area contributed by atoms with Gasteiger partial charge in [-0.1, -0.05) is 85.4 Å². The van der Waals surface area contributed by atoms with Crippen molar-refractivity contribution in [1.82, 2.24) is 10.2 Å². The Balaban J connectivity index is 2.07. The summed E-state index contributed by atoms with van der Waals surface area (Å²) in [5.41, 5.74) is 2.56. The summed E-state index contributed by atoms with van der Waals surface area (Å²) >= 11 is 12.8. The number of hydrogen-bond donors (Lipinski definition) is 1. The van der Waals surface area contributed by atoms with Crippen molar-refractivity contribution in [2.24, 2.45) is 0 Å². The molecule has 0 heterocycles. The van der Waals surface area contributed by atoms with Crippen LogP contribution in [0.5, 0.6) is 0 Å². The molecule has 0 spiro atoms. The Morgan fingerprint density at radius 1 is 0.927 bits per heavy atom. The summed E-state index contributed by atoms with van der Waals surface area (Å²) in [4.78, 5) is 28.8. The molecular formula is C31H37Cl2N3O4S. The molecule has 3 aromatic rings. The molecule has 1 N–H and O–H groups in total. The summed E-state index contributed by atoms with van der Waals surface area (Å²) in [6.45, 7) is 7.49. The lowest BCUT2D eigenvalue weighted by Crippen LogP contribution is -2.52. The van der Waals surface area contributed by atoms with Crippen molar-refractivity contribution in [1.29, 1.82) is 0 Å². The third kappa shape index (κ3) is 8.24. The van der Waals surface area contributed by atoms with Crippen LogP contribution >= 0.6 is 23.2 Å². The first kappa shape index (κ1) is 32.4. The monoisotopic (exact) mass is 617 g/mol. The molecule has 0 bridgehead atoms. The Morgan fingerprint density at radius 3 is 2.22 bits per heavy atom. The van der Waals surface area contributed by atoms with Crippen LogP contribution in [0.1, 0.15) is 49.8 Å². The second-order valence-corrected chi connectivity index (χ2v) is 12.6. The van der Waals surface area contributed by atoms with Gasteiger partial charge in [0.2, 0.25) is 11.8 Å². The van der Waals surface area contributed by atoms with Gasteiger partial charge in [-0.05, 0) is 68.1 Å². The van der Waals surface area contributed by atoms with E-state index in [1.807, 2.05) is 27.7 Å². The van der Waals surface area contributed by atoms with Crippen LogP contribution in [0.3, 0.4) is 0 Å². The van der Waals surface area contributed by atoms with Crippen LogP contribution in [0.4, 0.5) is 5.69 Å². The van der Waals surface area contributed by atoms with Crippen molar-refractivity contribution in [2.45, 2.75) is 64.4 Å². The molecule has 7 nitrogen and oxygen atoms in total. The van der Waals surface area contributed by atoms with E-state index in [0.29, 0.717) is 28.6 Å². The number of amides is 2. The number of hydrogen-bond acceptors (Lipinski definition) is 4. The fourth-order valence-electron chi connectivity index (χ4n) is 4.34. The topological polar surface area (TPSA) is 86.8 Å². The third-order valence-corrected chi connectivity index (χ3v) is 9.41. The van der Waals surface area contributed by atoms with Crippen molar-refractivity contribution in [3.8, 4) is 0 Å². The van der Waals surface area contributed by atoms with Gasteiger partial charge in [0, 0.05) is 23.1 Å².